The molecule has 0 aromatic heterocycles. The lowest BCUT2D eigenvalue weighted by atomic mass is 9.99. The molecule has 0 spiro atoms. The van der Waals surface area contributed by atoms with Crippen LogP contribution in [-0.2, 0) is 19.1 Å². The molecule has 0 saturated carbocycles. The number of hydrogen-bond donors (Lipinski definition) is 1. The number of carbonyl (C=O) groups excluding carboxylic acids is 3. The van der Waals surface area contributed by atoms with Gasteiger partial charge in [0.05, 0.1) is 17.7 Å². The molecule has 1 saturated heterocycles. The van der Waals surface area contributed by atoms with Gasteiger partial charge in [-0.2, -0.15) is 5.10 Å². The van der Waals surface area contributed by atoms with E-state index in [-0.39, 0.29) is 17.1 Å². The van der Waals surface area contributed by atoms with Crippen molar-refractivity contribution in [3.05, 3.63) is 33.9 Å². The van der Waals surface area contributed by atoms with E-state index in [1.807, 2.05) is 0 Å². The van der Waals surface area contributed by atoms with Crippen LogP contribution in [0.5, 0.6) is 0 Å². The highest BCUT2D eigenvalue weighted by Crippen LogP contribution is 2.34. The zero-order valence-electron chi connectivity index (χ0n) is 12.7. The maximum Gasteiger partial charge on any atom is 0.355 e. The van der Waals surface area contributed by atoms with Crippen LogP contribution in [-0.4, -0.2) is 41.6 Å². The van der Waals surface area contributed by atoms with Crippen molar-refractivity contribution in [2.75, 3.05) is 12.0 Å². The summed E-state index contributed by atoms with van der Waals surface area (Å²) in [5.41, 5.74) is 2.65. The number of aryl methyl sites for hydroxylation is 1. The van der Waals surface area contributed by atoms with Gasteiger partial charge in [0, 0.05) is 12.1 Å². The molecule has 10 heteroatoms. The highest BCUT2D eigenvalue weighted by Gasteiger charge is 2.56. The van der Waals surface area contributed by atoms with Crippen LogP contribution in [0.15, 0.2) is 23.3 Å². The van der Waals surface area contributed by atoms with Gasteiger partial charge in [-0.05, 0) is 12.5 Å². The highest BCUT2D eigenvalue weighted by molar-refractivity contribution is 6.46. The van der Waals surface area contributed by atoms with E-state index in [1.165, 1.54) is 12.1 Å². The Morgan fingerprint density at radius 3 is 2.71 bits per heavy atom. The molecule has 2 aliphatic rings. The molecule has 2 aliphatic heterocycles. The van der Waals surface area contributed by atoms with Crippen molar-refractivity contribution in [1.82, 2.24) is 5.43 Å². The molecule has 1 fully saturated rings. The predicted octanol–water partition coefficient (Wildman–Crippen LogP) is -0.107. The smallest absolute Gasteiger partial charge is 0.355 e. The summed E-state index contributed by atoms with van der Waals surface area (Å²) in [6.45, 7) is 1.62. The average Bonchev–Trinajstić information content (AvgIpc) is 3.09. The summed E-state index contributed by atoms with van der Waals surface area (Å²) in [6, 6.07) is 2.86. The van der Waals surface area contributed by atoms with Gasteiger partial charge in [0.15, 0.2) is 5.71 Å². The van der Waals surface area contributed by atoms with Crippen LogP contribution in [0.2, 0.25) is 0 Å². The number of carbonyl (C=O) groups is 3. The molecule has 2 heterocycles. The van der Waals surface area contributed by atoms with Gasteiger partial charge in [0.25, 0.3) is 11.6 Å². The maximum atomic E-state index is 12.7. The molecule has 124 valence electrons. The number of anilines is 1. The van der Waals surface area contributed by atoms with Crippen LogP contribution >= 0.6 is 0 Å². The van der Waals surface area contributed by atoms with Gasteiger partial charge in [-0.15, -0.1) is 0 Å². The number of benzene rings is 1. The number of imide groups is 1. The number of esters is 1. The largest absolute Gasteiger partial charge is 0.464 e. The standard InChI is InChI=1S/C14H12N4O6/c1-6-3-4-7(18(22)23)5-8(6)17-12(19)9-10(13(17)20)15-16-11(9)14(21)24-2/h3-5,9-10,15H,1-2H3/t9-,10-/m1/s1. The second kappa shape index (κ2) is 5.41. The Morgan fingerprint density at radius 2 is 2.08 bits per heavy atom. The predicted molar refractivity (Wildman–Crippen MR) is 80.2 cm³/mol. The third kappa shape index (κ3) is 2.11. The van der Waals surface area contributed by atoms with Crippen molar-refractivity contribution in [2.24, 2.45) is 11.0 Å². The Labute approximate surface area is 135 Å². The van der Waals surface area contributed by atoms with Gasteiger partial charge in [-0.1, -0.05) is 6.07 Å². The van der Waals surface area contributed by atoms with E-state index < -0.39 is 34.7 Å². The molecule has 0 bridgehead atoms. The molecule has 0 aliphatic carbocycles. The molecule has 0 radical (unpaired) electrons. The van der Waals surface area contributed by atoms with Crippen LogP contribution in [0, 0.1) is 23.0 Å². The van der Waals surface area contributed by atoms with Crippen molar-refractivity contribution in [3.63, 3.8) is 0 Å². The first-order valence-corrected chi connectivity index (χ1v) is 6.91. The zero-order valence-corrected chi connectivity index (χ0v) is 12.7. The number of methoxy groups -OCH3 is 1. The first kappa shape index (κ1) is 15.6. The number of non-ortho nitro benzene ring substituents is 1. The average molecular weight is 332 g/mol. The van der Waals surface area contributed by atoms with Crippen molar-refractivity contribution in [2.45, 2.75) is 13.0 Å². The number of hydrazone groups is 1. The van der Waals surface area contributed by atoms with Gasteiger partial charge in [-0.25, -0.2) is 9.69 Å². The third-order valence-corrected chi connectivity index (χ3v) is 3.96. The van der Waals surface area contributed by atoms with Crippen molar-refractivity contribution < 1.29 is 24.0 Å². The summed E-state index contributed by atoms with van der Waals surface area (Å²) < 4.78 is 4.56. The van der Waals surface area contributed by atoms with E-state index in [0.717, 1.165) is 18.1 Å². The Morgan fingerprint density at radius 1 is 1.38 bits per heavy atom. The molecule has 24 heavy (non-hydrogen) atoms. The van der Waals surface area contributed by atoms with Crippen molar-refractivity contribution in [3.8, 4) is 0 Å². The summed E-state index contributed by atoms with van der Waals surface area (Å²) in [6.07, 6.45) is 0. The number of fused-ring (bicyclic) bond motifs is 1. The second-order valence-corrected chi connectivity index (χ2v) is 5.31. The molecular weight excluding hydrogens is 320 g/mol. The molecule has 1 aromatic rings. The van der Waals surface area contributed by atoms with Crippen LogP contribution in [0.1, 0.15) is 5.56 Å². The van der Waals surface area contributed by atoms with Crippen LogP contribution < -0.4 is 10.3 Å². The van der Waals surface area contributed by atoms with Crippen LogP contribution in [0.25, 0.3) is 0 Å². The van der Waals surface area contributed by atoms with Gasteiger partial charge in [0.1, 0.15) is 12.0 Å². The molecular formula is C14H12N4O6. The third-order valence-electron chi connectivity index (χ3n) is 3.96. The van der Waals surface area contributed by atoms with E-state index in [1.54, 1.807) is 6.92 Å². The Hall–Kier alpha value is -3.30. The first-order chi connectivity index (χ1) is 11.4. The zero-order chi connectivity index (χ0) is 17.6. The molecule has 3 rings (SSSR count). The van der Waals surface area contributed by atoms with E-state index in [2.05, 4.69) is 15.3 Å². The van der Waals surface area contributed by atoms with Crippen molar-refractivity contribution in [1.29, 1.82) is 0 Å². The fourth-order valence-corrected chi connectivity index (χ4v) is 2.75. The van der Waals surface area contributed by atoms with Gasteiger partial charge in [-0.3, -0.25) is 25.1 Å². The van der Waals surface area contributed by atoms with Gasteiger partial charge >= 0.3 is 5.97 Å². The summed E-state index contributed by atoms with van der Waals surface area (Å²) in [5.74, 6) is -3.23. The van der Waals surface area contributed by atoms with Crippen LogP contribution in [0.3, 0.4) is 0 Å². The lowest BCUT2D eigenvalue weighted by Gasteiger charge is -2.17. The van der Waals surface area contributed by atoms with E-state index >= 15 is 0 Å². The normalized spacial score (nSPS) is 22.1. The Bertz CT molecular complexity index is 817. The Balaban J connectivity index is 2.03. The Kier molecular flexibility index (Phi) is 3.51. The molecule has 2 atom stereocenters. The van der Waals surface area contributed by atoms with Crippen molar-refractivity contribution >= 4 is 34.9 Å². The molecule has 10 nitrogen and oxygen atoms in total. The molecule has 2 amide bonds. The van der Waals surface area contributed by atoms with E-state index in [4.69, 9.17) is 0 Å². The summed E-state index contributed by atoms with van der Waals surface area (Å²) in [7, 11) is 1.14. The topological polar surface area (TPSA) is 131 Å². The fourth-order valence-electron chi connectivity index (χ4n) is 2.75. The van der Waals surface area contributed by atoms with E-state index in [0.29, 0.717) is 5.56 Å². The first-order valence-electron chi connectivity index (χ1n) is 6.91. The molecule has 1 aromatic carbocycles. The molecule has 0 unspecified atom stereocenters. The SMILES string of the molecule is COC(=O)C1=NN[C@H]2C(=O)N(c3cc([N+](=O)[O-])ccc3C)C(=O)[C@@H]12. The lowest BCUT2D eigenvalue weighted by Crippen LogP contribution is -2.36. The summed E-state index contributed by atoms with van der Waals surface area (Å²) in [4.78, 5) is 48.1. The fraction of sp³-hybridized carbons (Fsp3) is 0.286. The van der Waals surface area contributed by atoms with Crippen LogP contribution in [0.4, 0.5) is 11.4 Å². The van der Waals surface area contributed by atoms with E-state index in [9.17, 15) is 24.5 Å². The number of rotatable bonds is 3. The summed E-state index contributed by atoms with van der Waals surface area (Å²) >= 11 is 0. The minimum absolute atomic E-state index is 0.111. The maximum absolute atomic E-state index is 12.7. The number of ether oxygens (including phenoxy) is 1. The number of hydrogen-bond acceptors (Lipinski definition) is 8. The minimum atomic E-state index is -1.11. The number of nitro groups is 1. The minimum Gasteiger partial charge on any atom is -0.464 e. The highest BCUT2D eigenvalue weighted by atomic mass is 16.6. The number of nitrogens with one attached hydrogen (secondary N) is 1. The lowest BCUT2D eigenvalue weighted by molar-refractivity contribution is -0.384. The quantitative estimate of drug-likeness (QED) is 0.353. The number of nitro benzene ring substituents is 1. The number of amides is 2. The van der Waals surface area contributed by atoms with Gasteiger partial charge < -0.3 is 4.74 Å². The monoisotopic (exact) mass is 332 g/mol. The summed E-state index contributed by atoms with van der Waals surface area (Å²) in [5, 5.41) is 14.6. The second-order valence-electron chi connectivity index (χ2n) is 5.31. The molecule has 1 N–H and O–H groups in total. The van der Waals surface area contributed by atoms with Gasteiger partial charge in [0.2, 0.25) is 5.91 Å². The number of nitrogens with zero attached hydrogens (tertiary/aromatic N) is 3.